The number of fused-ring (bicyclic) bond motifs is 4. The van der Waals surface area contributed by atoms with Gasteiger partial charge in [-0.2, -0.15) is 0 Å². The Kier molecular flexibility index (Phi) is 6.50. The summed E-state index contributed by atoms with van der Waals surface area (Å²) in [6.07, 6.45) is -0.296. The zero-order valence-electron chi connectivity index (χ0n) is 25.6. The molecule has 0 bridgehead atoms. The fraction of sp³-hybridized carbons (Fsp3) is 0.0233. The minimum Gasteiger partial charge on any atom is -0.344 e. The van der Waals surface area contributed by atoms with Gasteiger partial charge in [0.1, 0.15) is 12.0 Å². The second kappa shape index (κ2) is 11.3. The summed E-state index contributed by atoms with van der Waals surface area (Å²) in [7, 11) is 0. The third-order valence-electron chi connectivity index (χ3n) is 9.04. The van der Waals surface area contributed by atoms with Gasteiger partial charge in [0.05, 0.1) is 11.0 Å². The van der Waals surface area contributed by atoms with Crippen LogP contribution >= 0.6 is 0 Å². The molecule has 0 aliphatic carbocycles. The molecule has 0 saturated heterocycles. The van der Waals surface area contributed by atoms with E-state index in [0.717, 1.165) is 33.8 Å². The molecular weight excluding hydrogens is 573 g/mol. The van der Waals surface area contributed by atoms with E-state index >= 15 is 0 Å². The highest BCUT2D eigenvalue weighted by molar-refractivity contribution is 6.13. The van der Waals surface area contributed by atoms with E-state index in [2.05, 4.69) is 162 Å². The molecule has 1 unspecified atom stereocenters. The normalized spacial score (nSPS) is 14.6. The Morgan fingerprint density at radius 2 is 1.09 bits per heavy atom. The van der Waals surface area contributed by atoms with Crippen LogP contribution in [0.1, 0.15) is 22.9 Å². The van der Waals surface area contributed by atoms with Crippen LogP contribution in [0.15, 0.2) is 180 Å². The van der Waals surface area contributed by atoms with E-state index in [0.29, 0.717) is 5.84 Å². The van der Waals surface area contributed by atoms with E-state index in [-0.39, 0.29) is 6.17 Å². The van der Waals surface area contributed by atoms with Gasteiger partial charge < -0.3 is 9.88 Å². The van der Waals surface area contributed by atoms with Crippen LogP contribution in [-0.4, -0.2) is 16.2 Å². The summed E-state index contributed by atoms with van der Waals surface area (Å²) in [5.74, 6) is 1.51. The van der Waals surface area contributed by atoms with Crippen molar-refractivity contribution in [2.24, 2.45) is 9.98 Å². The maximum absolute atomic E-state index is 5.12. The van der Waals surface area contributed by atoms with Gasteiger partial charge in [-0.1, -0.05) is 121 Å². The molecular formula is C43H30N4. The van der Waals surface area contributed by atoms with Gasteiger partial charge in [-0.3, -0.25) is 0 Å². The van der Waals surface area contributed by atoms with Crippen molar-refractivity contribution >= 4 is 44.2 Å². The predicted molar refractivity (Wildman–Crippen MR) is 196 cm³/mol. The minimum atomic E-state index is -0.296. The number of aromatic nitrogens is 1. The van der Waals surface area contributed by atoms with E-state index in [1.165, 1.54) is 38.1 Å². The molecule has 4 heteroatoms. The molecule has 0 radical (unpaired) electrons. The van der Waals surface area contributed by atoms with Crippen LogP contribution in [0.3, 0.4) is 0 Å². The number of rotatable bonds is 5. The Labute approximate surface area is 273 Å². The first-order valence-electron chi connectivity index (χ1n) is 16.0. The average Bonchev–Trinajstić information content (AvgIpc) is 3.49. The maximum Gasteiger partial charge on any atom is 0.159 e. The van der Waals surface area contributed by atoms with Crippen LogP contribution in [0, 0.1) is 0 Å². The third-order valence-corrected chi connectivity index (χ3v) is 9.04. The summed E-state index contributed by atoms with van der Waals surface area (Å²) in [5, 5.41) is 8.64. The molecule has 1 atom stereocenters. The highest BCUT2D eigenvalue weighted by Gasteiger charge is 2.22. The van der Waals surface area contributed by atoms with Gasteiger partial charge in [0, 0.05) is 27.6 Å². The number of nitrogens with zero attached hydrogens (tertiary/aromatic N) is 3. The number of hydrogen-bond donors (Lipinski definition) is 1. The molecule has 7 aromatic carbocycles. The maximum atomic E-state index is 5.12. The molecule has 0 spiro atoms. The standard InChI is InChI=1S/C43H30N4/c1-2-12-30(13-3-1)41-44-42(31-23-25-36(26-24-31)47-39-19-8-6-17-37(39)38-18-7-9-20-40(38)47)46-43(45-41)35-16-10-15-33(28-35)34-22-21-29-11-4-5-14-32(29)27-34/h1-28,43H,(H,44,45,46). The molecule has 1 aromatic heterocycles. The van der Waals surface area contributed by atoms with Crippen LogP contribution < -0.4 is 5.32 Å². The second-order valence-electron chi connectivity index (χ2n) is 11.9. The lowest BCUT2D eigenvalue weighted by atomic mass is 9.99. The van der Waals surface area contributed by atoms with Crippen molar-refractivity contribution in [2.45, 2.75) is 6.17 Å². The number of para-hydroxylation sites is 2. The van der Waals surface area contributed by atoms with Gasteiger partial charge in [0.25, 0.3) is 0 Å². The largest absolute Gasteiger partial charge is 0.344 e. The summed E-state index contributed by atoms with van der Waals surface area (Å²) in [4.78, 5) is 10.2. The topological polar surface area (TPSA) is 41.7 Å². The monoisotopic (exact) mass is 602 g/mol. The molecule has 1 aliphatic heterocycles. The zero-order valence-corrected chi connectivity index (χ0v) is 25.6. The number of benzene rings is 7. The van der Waals surface area contributed by atoms with Gasteiger partial charge in [-0.05, 0) is 76.0 Å². The Morgan fingerprint density at radius 1 is 0.468 bits per heavy atom. The molecule has 222 valence electrons. The molecule has 1 aliphatic rings. The number of amidine groups is 2. The molecule has 47 heavy (non-hydrogen) atoms. The lowest BCUT2D eigenvalue weighted by molar-refractivity contribution is 0.674. The molecule has 1 N–H and O–H groups in total. The van der Waals surface area contributed by atoms with Crippen LogP contribution in [-0.2, 0) is 0 Å². The van der Waals surface area contributed by atoms with Crippen molar-refractivity contribution in [1.82, 2.24) is 9.88 Å². The van der Waals surface area contributed by atoms with E-state index in [1.54, 1.807) is 0 Å². The predicted octanol–water partition coefficient (Wildman–Crippen LogP) is 10.1. The fourth-order valence-corrected chi connectivity index (χ4v) is 6.71. The smallest absolute Gasteiger partial charge is 0.159 e. The lowest BCUT2D eigenvalue weighted by Crippen LogP contribution is -2.33. The molecule has 0 amide bonds. The highest BCUT2D eigenvalue weighted by Crippen LogP contribution is 2.33. The lowest BCUT2D eigenvalue weighted by Gasteiger charge is -2.24. The van der Waals surface area contributed by atoms with E-state index in [1.807, 2.05) is 18.2 Å². The SMILES string of the molecule is c1ccc(C2=NC(c3cccc(-c4ccc5ccccc5c4)c3)NC(c3ccc(-n4c5ccccc5c5ccccc54)cc3)=N2)cc1. The van der Waals surface area contributed by atoms with Crippen molar-refractivity contribution in [1.29, 1.82) is 0 Å². The molecule has 9 rings (SSSR count). The van der Waals surface area contributed by atoms with Gasteiger partial charge in [0.2, 0.25) is 0 Å². The first-order valence-corrected chi connectivity index (χ1v) is 16.0. The van der Waals surface area contributed by atoms with Crippen LogP contribution in [0.25, 0.3) is 49.4 Å². The first-order chi connectivity index (χ1) is 23.3. The molecule has 4 nitrogen and oxygen atoms in total. The van der Waals surface area contributed by atoms with Crippen LogP contribution in [0.4, 0.5) is 0 Å². The van der Waals surface area contributed by atoms with Crippen molar-refractivity contribution in [2.75, 3.05) is 0 Å². The van der Waals surface area contributed by atoms with E-state index in [9.17, 15) is 0 Å². The summed E-state index contributed by atoms with van der Waals surface area (Å²) in [5.41, 5.74) is 8.92. The summed E-state index contributed by atoms with van der Waals surface area (Å²) >= 11 is 0. The van der Waals surface area contributed by atoms with Crippen LogP contribution in [0.2, 0.25) is 0 Å². The average molecular weight is 603 g/mol. The second-order valence-corrected chi connectivity index (χ2v) is 11.9. The Balaban J connectivity index is 1.10. The molecule has 2 heterocycles. The van der Waals surface area contributed by atoms with Crippen molar-refractivity contribution in [3.05, 3.63) is 187 Å². The Bertz CT molecular complexity index is 2430. The van der Waals surface area contributed by atoms with Crippen molar-refractivity contribution < 1.29 is 0 Å². The third kappa shape index (κ3) is 4.88. The van der Waals surface area contributed by atoms with E-state index in [4.69, 9.17) is 9.98 Å². The molecule has 0 fully saturated rings. The summed E-state index contributed by atoms with van der Waals surface area (Å²) in [6, 6.07) is 59.9. The Morgan fingerprint density at radius 3 is 1.85 bits per heavy atom. The van der Waals surface area contributed by atoms with Gasteiger partial charge >= 0.3 is 0 Å². The molecule has 8 aromatic rings. The minimum absolute atomic E-state index is 0.296. The van der Waals surface area contributed by atoms with Crippen molar-refractivity contribution in [3.63, 3.8) is 0 Å². The van der Waals surface area contributed by atoms with E-state index < -0.39 is 0 Å². The Hall–Kier alpha value is -6.26. The summed E-state index contributed by atoms with van der Waals surface area (Å²) in [6.45, 7) is 0. The number of nitrogens with one attached hydrogen (secondary N) is 1. The van der Waals surface area contributed by atoms with Crippen LogP contribution in [0.5, 0.6) is 0 Å². The molecule has 0 saturated carbocycles. The first kappa shape index (κ1) is 27.1. The van der Waals surface area contributed by atoms with Gasteiger partial charge in [-0.15, -0.1) is 0 Å². The quantitative estimate of drug-likeness (QED) is 0.209. The fourth-order valence-electron chi connectivity index (χ4n) is 6.71. The highest BCUT2D eigenvalue weighted by atomic mass is 15.2. The van der Waals surface area contributed by atoms with Gasteiger partial charge in [-0.25, -0.2) is 9.98 Å². The number of aliphatic imine (C=N–C) groups is 2. The van der Waals surface area contributed by atoms with Gasteiger partial charge in [0.15, 0.2) is 5.84 Å². The zero-order chi connectivity index (χ0) is 31.2. The summed E-state index contributed by atoms with van der Waals surface area (Å²) < 4.78 is 2.34. The van der Waals surface area contributed by atoms with Crippen molar-refractivity contribution in [3.8, 4) is 16.8 Å². The number of hydrogen-bond acceptors (Lipinski definition) is 3.